The zero-order valence-electron chi connectivity index (χ0n) is 13.5. The predicted octanol–water partition coefficient (Wildman–Crippen LogP) is 1.35. The van der Waals surface area contributed by atoms with Gasteiger partial charge in [-0.05, 0) is 33.2 Å². The highest BCUT2D eigenvalue weighted by molar-refractivity contribution is 5.62. The van der Waals surface area contributed by atoms with E-state index in [1.54, 1.807) is 0 Å². The lowest BCUT2D eigenvalue weighted by Gasteiger charge is -2.36. The molecule has 118 valence electrons. The molecule has 0 aliphatic carbocycles. The summed E-state index contributed by atoms with van der Waals surface area (Å²) in [5, 5.41) is 0. The van der Waals surface area contributed by atoms with E-state index in [4.69, 9.17) is 10.5 Å². The number of ether oxygens (including phenoxy) is 1. The van der Waals surface area contributed by atoms with Crippen molar-refractivity contribution in [1.29, 1.82) is 0 Å². The lowest BCUT2D eigenvalue weighted by Crippen LogP contribution is -2.48. The molecule has 5 heteroatoms. The Morgan fingerprint density at radius 3 is 2.52 bits per heavy atom. The Bertz CT molecular complexity index is 442. The summed E-state index contributed by atoms with van der Waals surface area (Å²) in [5.41, 5.74) is 7.86. The van der Waals surface area contributed by atoms with Gasteiger partial charge in [0.15, 0.2) is 0 Å². The Morgan fingerprint density at radius 2 is 1.90 bits per heavy atom. The molecule has 1 aromatic carbocycles. The van der Waals surface area contributed by atoms with Gasteiger partial charge in [0.1, 0.15) is 5.75 Å². The molecule has 0 unspecified atom stereocenters. The highest BCUT2D eigenvalue weighted by Gasteiger charge is 2.17. The van der Waals surface area contributed by atoms with Gasteiger partial charge in [-0.1, -0.05) is 0 Å². The van der Waals surface area contributed by atoms with Gasteiger partial charge in [-0.25, -0.2) is 0 Å². The van der Waals surface area contributed by atoms with Crippen molar-refractivity contribution in [2.45, 2.75) is 6.92 Å². The molecule has 0 amide bonds. The average Bonchev–Trinajstić information content (AvgIpc) is 2.48. The third kappa shape index (κ3) is 4.51. The van der Waals surface area contributed by atoms with E-state index in [0.717, 1.165) is 45.0 Å². The first kappa shape index (κ1) is 15.9. The molecule has 1 fully saturated rings. The van der Waals surface area contributed by atoms with Crippen LogP contribution in [0.25, 0.3) is 0 Å². The molecule has 1 aliphatic rings. The molecule has 0 atom stereocenters. The van der Waals surface area contributed by atoms with Gasteiger partial charge >= 0.3 is 0 Å². The largest absolute Gasteiger partial charge is 0.492 e. The van der Waals surface area contributed by atoms with Crippen molar-refractivity contribution in [3.05, 3.63) is 18.2 Å². The lowest BCUT2D eigenvalue weighted by atomic mass is 10.2. The Hall–Kier alpha value is -1.46. The summed E-state index contributed by atoms with van der Waals surface area (Å²) < 4.78 is 5.59. The van der Waals surface area contributed by atoms with E-state index in [9.17, 15) is 0 Å². The van der Waals surface area contributed by atoms with E-state index in [1.807, 2.05) is 13.0 Å². The van der Waals surface area contributed by atoms with Gasteiger partial charge in [-0.3, -0.25) is 4.90 Å². The van der Waals surface area contributed by atoms with Crippen molar-refractivity contribution in [3.63, 3.8) is 0 Å². The zero-order valence-corrected chi connectivity index (χ0v) is 13.5. The number of nitrogens with zero attached hydrogens (tertiary/aromatic N) is 3. The van der Waals surface area contributed by atoms with Gasteiger partial charge in [-0.15, -0.1) is 0 Å². The van der Waals surface area contributed by atoms with Crippen molar-refractivity contribution >= 4 is 11.4 Å². The van der Waals surface area contributed by atoms with E-state index >= 15 is 0 Å². The van der Waals surface area contributed by atoms with Gasteiger partial charge in [0.25, 0.3) is 0 Å². The standard InChI is InChI=1S/C16H28N4O/c1-4-21-16-13-14(5-6-15(16)17)20-11-9-19(10-12-20)8-7-18(2)3/h5-6,13H,4,7-12,17H2,1-3H3. The summed E-state index contributed by atoms with van der Waals surface area (Å²) in [5.74, 6) is 0.796. The SMILES string of the molecule is CCOc1cc(N2CCN(CCN(C)C)CC2)ccc1N. The van der Waals surface area contributed by atoms with Crippen LogP contribution in [0.5, 0.6) is 5.75 Å². The smallest absolute Gasteiger partial charge is 0.144 e. The average molecular weight is 292 g/mol. The summed E-state index contributed by atoms with van der Waals surface area (Å²) in [6.45, 7) is 9.24. The highest BCUT2D eigenvalue weighted by atomic mass is 16.5. The van der Waals surface area contributed by atoms with E-state index in [-0.39, 0.29) is 0 Å². The number of piperazine rings is 1. The zero-order chi connectivity index (χ0) is 15.2. The molecule has 2 rings (SSSR count). The number of likely N-dealkylation sites (N-methyl/N-ethyl adjacent to an activating group) is 1. The number of hydrogen-bond acceptors (Lipinski definition) is 5. The van der Waals surface area contributed by atoms with Crippen LogP contribution >= 0.6 is 0 Å². The van der Waals surface area contributed by atoms with Crippen LogP contribution in [0.15, 0.2) is 18.2 Å². The normalized spacial score (nSPS) is 16.5. The molecule has 0 aromatic heterocycles. The maximum absolute atomic E-state index is 5.94. The van der Waals surface area contributed by atoms with Crippen LogP contribution in [-0.4, -0.2) is 69.8 Å². The van der Waals surface area contributed by atoms with E-state index < -0.39 is 0 Å². The van der Waals surface area contributed by atoms with Crippen molar-refractivity contribution in [2.24, 2.45) is 0 Å². The van der Waals surface area contributed by atoms with Crippen molar-refractivity contribution in [3.8, 4) is 5.75 Å². The summed E-state index contributed by atoms with van der Waals surface area (Å²) in [7, 11) is 4.25. The molecule has 1 heterocycles. The Morgan fingerprint density at radius 1 is 1.19 bits per heavy atom. The molecule has 2 N–H and O–H groups in total. The highest BCUT2D eigenvalue weighted by Crippen LogP contribution is 2.28. The van der Waals surface area contributed by atoms with Crippen LogP contribution < -0.4 is 15.4 Å². The molecule has 0 saturated carbocycles. The van der Waals surface area contributed by atoms with Crippen LogP contribution in [0.1, 0.15) is 6.92 Å². The molecule has 1 aliphatic heterocycles. The molecule has 5 nitrogen and oxygen atoms in total. The predicted molar refractivity (Wildman–Crippen MR) is 89.2 cm³/mol. The molecule has 1 aromatic rings. The molecule has 0 bridgehead atoms. The van der Waals surface area contributed by atoms with Crippen molar-refractivity contribution in [2.75, 3.05) is 70.6 Å². The molecular formula is C16H28N4O. The number of nitrogens with two attached hydrogens (primary N) is 1. The number of benzene rings is 1. The number of anilines is 2. The molecular weight excluding hydrogens is 264 g/mol. The second-order valence-corrected chi connectivity index (χ2v) is 5.79. The Kier molecular flexibility index (Phi) is 5.70. The number of hydrogen-bond donors (Lipinski definition) is 1. The summed E-state index contributed by atoms with van der Waals surface area (Å²) >= 11 is 0. The number of rotatable bonds is 6. The minimum absolute atomic E-state index is 0.645. The van der Waals surface area contributed by atoms with Crippen LogP contribution in [0.2, 0.25) is 0 Å². The minimum atomic E-state index is 0.645. The van der Waals surface area contributed by atoms with Gasteiger partial charge < -0.3 is 20.3 Å². The fourth-order valence-corrected chi connectivity index (χ4v) is 2.57. The molecule has 1 saturated heterocycles. The maximum atomic E-state index is 5.94. The van der Waals surface area contributed by atoms with E-state index in [0.29, 0.717) is 12.3 Å². The topological polar surface area (TPSA) is 45.0 Å². The first-order valence-corrected chi connectivity index (χ1v) is 7.74. The summed E-state index contributed by atoms with van der Waals surface area (Å²) in [6, 6.07) is 6.10. The monoisotopic (exact) mass is 292 g/mol. The Labute approximate surface area is 128 Å². The van der Waals surface area contributed by atoms with Gasteiger partial charge in [-0.2, -0.15) is 0 Å². The third-order valence-corrected chi connectivity index (χ3v) is 3.90. The molecule has 0 radical (unpaired) electrons. The van der Waals surface area contributed by atoms with Crippen LogP contribution in [0, 0.1) is 0 Å². The number of nitrogen functional groups attached to an aromatic ring is 1. The van der Waals surface area contributed by atoms with Gasteiger partial charge in [0, 0.05) is 51.0 Å². The molecule has 0 spiro atoms. The molecule has 21 heavy (non-hydrogen) atoms. The first-order valence-electron chi connectivity index (χ1n) is 7.74. The van der Waals surface area contributed by atoms with Crippen molar-refractivity contribution in [1.82, 2.24) is 9.80 Å². The second-order valence-electron chi connectivity index (χ2n) is 5.79. The third-order valence-electron chi connectivity index (χ3n) is 3.90. The minimum Gasteiger partial charge on any atom is -0.492 e. The van der Waals surface area contributed by atoms with E-state index in [2.05, 4.69) is 40.9 Å². The van der Waals surface area contributed by atoms with Crippen LogP contribution in [0.3, 0.4) is 0 Å². The fourth-order valence-electron chi connectivity index (χ4n) is 2.57. The summed E-state index contributed by atoms with van der Waals surface area (Å²) in [6.07, 6.45) is 0. The summed E-state index contributed by atoms with van der Waals surface area (Å²) in [4.78, 5) is 7.17. The van der Waals surface area contributed by atoms with Gasteiger partial charge in [0.2, 0.25) is 0 Å². The first-order chi connectivity index (χ1) is 10.1. The van der Waals surface area contributed by atoms with E-state index in [1.165, 1.54) is 5.69 Å². The lowest BCUT2D eigenvalue weighted by molar-refractivity contribution is 0.229. The second kappa shape index (κ2) is 7.52. The van der Waals surface area contributed by atoms with Gasteiger partial charge in [0.05, 0.1) is 12.3 Å². The van der Waals surface area contributed by atoms with Crippen LogP contribution in [0.4, 0.5) is 11.4 Å². The Balaban J connectivity index is 1.91. The maximum Gasteiger partial charge on any atom is 0.144 e. The fraction of sp³-hybridized carbons (Fsp3) is 0.625. The quantitative estimate of drug-likeness (QED) is 0.802. The van der Waals surface area contributed by atoms with Crippen LogP contribution in [-0.2, 0) is 0 Å². The van der Waals surface area contributed by atoms with Crippen molar-refractivity contribution < 1.29 is 4.74 Å².